The Labute approximate surface area is 99.4 Å². The third-order valence-electron chi connectivity index (χ3n) is 3.29. The van der Waals surface area contributed by atoms with Gasteiger partial charge in [-0.15, -0.1) is 11.8 Å². The minimum Gasteiger partial charge on any atom is -0.458 e. The van der Waals surface area contributed by atoms with Crippen molar-refractivity contribution in [2.24, 2.45) is 0 Å². The average molecular weight is 234 g/mol. The number of hydrogen-bond acceptors (Lipinski definition) is 3. The largest absolute Gasteiger partial charge is 0.458 e. The van der Waals surface area contributed by atoms with E-state index in [9.17, 15) is 4.79 Å². The number of fused-ring (bicyclic) bond motifs is 2. The van der Waals surface area contributed by atoms with Crippen LogP contribution in [0.5, 0.6) is 0 Å². The number of esters is 1. The van der Waals surface area contributed by atoms with Gasteiger partial charge in [-0.1, -0.05) is 18.6 Å². The van der Waals surface area contributed by atoms with Crippen LogP contribution in [-0.2, 0) is 4.74 Å². The molecule has 16 heavy (non-hydrogen) atoms. The van der Waals surface area contributed by atoms with Crippen LogP contribution in [0.15, 0.2) is 29.2 Å². The molecule has 1 aromatic carbocycles. The van der Waals surface area contributed by atoms with Gasteiger partial charge in [-0.25, -0.2) is 4.79 Å². The molecule has 3 rings (SSSR count). The molecule has 1 fully saturated rings. The minimum absolute atomic E-state index is 0.124. The molecule has 0 N–H and O–H groups in total. The van der Waals surface area contributed by atoms with Gasteiger partial charge in [0.1, 0.15) is 6.10 Å². The van der Waals surface area contributed by atoms with E-state index in [1.165, 1.54) is 12.8 Å². The molecule has 0 bridgehead atoms. The molecule has 0 saturated heterocycles. The summed E-state index contributed by atoms with van der Waals surface area (Å²) >= 11 is 1.82. The fourth-order valence-electron chi connectivity index (χ4n) is 2.43. The van der Waals surface area contributed by atoms with Crippen LogP contribution in [0.1, 0.15) is 36.0 Å². The predicted molar refractivity (Wildman–Crippen MR) is 63.8 cm³/mol. The lowest BCUT2D eigenvalue weighted by Crippen LogP contribution is -2.30. The third kappa shape index (κ3) is 1.73. The second-order valence-electron chi connectivity index (χ2n) is 4.38. The summed E-state index contributed by atoms with van der Waals surface area (Å²) < 4.78 is 5.58. The highest BCUT2D eigenvalue weighted by atomic mass is 32.2. The number of thioether (sulfide) groups is 1. The molecule has 0 unspecified atom stereocenters. The maximum Gasteiger partial charge on any atom is 0.339 e. The zero-order valence-electron chi connectivity index (χ0n) is 9.02. The summed E-state index contributed by atoms with van der Waals surface area (Å²) in [4.78, 5) is 13.0. The van der Waals surface area contributed by atoms with Gasteiger partial charge < -0.3 is 4.74 Å². The van der Waals surface area contributed by atoms with E-state index in [4.69, 9.17) is 4.74 Å². The van der Waals surface area contributed by atoms with Crippen LogP contribution in [0, 0.1) is 0 Å². The van der Waals surface area contributed by atoms with Crippen molar-refractivity contribution >= 4 is 17.7 Å². The molecule has 0 aromatic heterocycles. The Bertz CT molecular complexity index is 416. The summed E-state index contributed by atoms with van der Waals surface area (Å²) in [5.74, 6) is -0.141. The highest BCUT2D eigenvalue weighted by Gasteiger charge is 2.33. The number of carbonyl (C=O) groups is 1. The summed E-state index contributed by atoms with van der Waals surface area (Å²) in [5.41, 5.74) is 0.738. The number of hydrogen-bond donors (Lipinski definition) is 0. The summed E-state index contributed by atoms with van der Waals surface area (Å²) in [6, 6.07) is 7.78. The molecule has 1 saturated carbocycles. The Morgan fingerprint density at radius 1 is 1.19 bits per heavy atom. The van der Waals surface area contributed by atoms with E-state index in [-0.39, 0.29) is 12.1 Å². The lowest BCUT2D eigenvalue weighted by atomic mass is 9.97. The first-order valence-electron chi connectivity index (χ1n) is 5.81. The predicted octanol–water partition coefficient (Wildman–Crippen LogP) is 3.26. The molecule has 1 heterocycles. The van der Waals surface area contributed by atoms with Crippen molar-refractivity contribution in [2.75, 3.05) is 0 Å². The molecule has 2 nitrogen and oxygen atoms in total. The standard InChI is InChI=1S/C13H14O2S/c14-13-9-5-1-3-7-11(9)16-12-8-4-2-6-10(12)15-13/h1,3,5,7,10,12H,2,4,6,8H2/t10-,12-/m1/s1. The molecule has 0 spiro atoms. The van der Waals surface area contributed by atoms with Crippen LogP contribution in [0.4, 0.5) is 0 Å². The fraction of sp³-hybridized carbons (Fsp3) is 0.462. The number of benzene rings is 1. The SMILES string of the molecule is O=C1O[C@@H]2CCCC[C@H]2Sc2ccccc21. The zero-order chi connectivity index (χ0) is 11.0. The maximum absolute atomic E-state index is 11.9. The van der Waals surface area contributed by atoms with E-state index in [1.807, 2.05) is 36.0 Å². The second kappa shape index (κ2) is 4.13. The van der Waals surface area contributed by atoms with Crippen LogP contribution in [0.3, 0.4) is 0 Å². The number of ether oxygens (including phenoxy) is 1. The fourth-order valence-corrected chi connectivity index (χ4v) is 3.82. The molecule has 84 valence electrons. The topological polar surface area (TPSA) is 26.3 Å². The lowest BCUT2D eigenvalue weighted by Gasteiger charge is -2.28. The van der Waals surface area contributed by atoms with Crippen LogP contribution in [0.25, 0.3) is 0 Å². The van der Waals surface area contributed by atoms with Crippen LogP contribution < -0.4 is 0 Å². The van der Waals surface area contributed by atoms with Gasteiger partial charge in [-0.3, -0.25) is 0 Å². The second-order valence-corrected chi connectivity index (χ2v) is 5.66. The van der Waals surface area contributed by atoms with Crippen molar-refractivity contribution in [3.05, 3.63) is 29.8 Å². The number of carbonyl (C=O) groups excluding carboxylic acids is 1. The maximum atomic E-state index is 11.9. The van der Waals surface area contributed by atoms with E-state index >= 15 is 0 Å². The van der Waals surface area contributed by atoms with E-state index in [0.29, 0.717) is 5.25 Å². The van der Waals surface area contributed by atoms with Gasteiger partial charge in [-0.05, 0) is 31.4 Å². The first kappa shape index (κ1) is 10.2. The molecular formula is C13H14O2S. The zero-order valence-corrected chi connectivity index (χ0v) is 9.83. The molecule has 1 aliphatic heterocycles. The van der Waals surface area contributed by atoms with E-state index < -0.39 is 0 Å². The normalized spacial score (nSPS) is 28.6. The molecule has 1 aliphatic carbocycles. The van der Waals surface area contributed by atoms with E-state index in [1.54, 1.807) is 0 Å². The first-order valence-corrected chi connectivity index (χ1v) is 6.69. The molecule has 2 aliphatic rings. The van der Waals surface area contributed by atoms with Crippen LogP contribution >= 0.6 is 11.8 Å². The molecular weight excluding hydrogens is 220 g/mol. The summed E-state index contributed by atoms with van der Waals surface area (Å²) in [6.07, 6.45) is 4.76. The van der Waals surface area contributed by atoms with Crippen molar-refractivity contribution in [2.45, 2.75) is 41.9 Å². The smallest absolute Gasteiger partial charge is 0.339 e. The van der Waals surface area contributed by atoms with Crippen LogP contribution in [0.2, 0.25) is 0 Å². The van der Waals surface area contributed by atoms with Gasteiger partial charge in [0.05, 0.1) is 5.56 Å². The highest BCUT2D eigenvalue weighted by molar-refractivity contribution is 8.00. The Hall–Kier alpha value is -0.960. The van der Waals surface area contributed by atoms with Gasteiger partial charge in [0, 0.05) is 10.1 Å². The minimum atomic E-state index is -0.141. The Balaban J connectivity index is 1.97. The van der Waals surface area contributed by atoms with Gasteiger partial charge in [-0.2, -0.15) is 0 Å². The van der Waals surface area contributed by atoms with Gasteiger partial charge >= 0.3 is 5.97 Å². The van der Waals surface area contributed by atoms with Crippen molar-refractivity contribution in [3.63, 3.8) is 0 Å². The number of rotatable bonds is 0. The van der Waals surface area contributed by atoms with Gasteiger partial charge in [0.25, 0.3) is 0 Å². The first-order chi connectivity index (χ1) is 7.84. The Morgan fingerprint density at radius 3 is 2.94 bits per heavy atom. The quantitative estimate of drug-likeness (QED) is 0.644. The van der Waals surface area contributed by atoms with Crippen molar-refractivity contribution in [1.29, 1.82) is 0 Å². The van der Waals surface area contributed by atoms with Crippen molar-refractivity contribution in [1.82, 2.24) is 0 Å². The molecule has 3 heteroatoms. The summed E-state index contributed by atoms with van der Waals surface area (Å²) in [7, 11) is 0. The molecule has 0 amide bonds. The lowest BCUT2D eigenvalue weighted by molar-refractivity contribution is 0.0235. The molecule has 2 atom stereocenters. The van der Waals surface area contributed by atoms with Crippen molar-refractivity contribution < 1.29 is 9.53 Å². The Morgan fingerprint density at radius 2 is 2.00 bits per heavy atom. The van der Waals surface area contributed by atoms with Gasteiger partial charge in [0.15, 0.2) is 0 Å². The van der Waals surface area contributed by atoms with E-state index in [2.05, 4.69) is 0 Å². The molecule has 0 radical (unpaired) electrons. The summed E-state index contributed by atoms with van der Waals surface area (Å²) in [5, 5.41) is 0.460. The summed E-state index contributed by atoms with van der Waals surface area (Å²) in [6.45, 7) is 0. The highest BCUT2D eigenvalue weighted by Crippen LogP contribution is 2.39. The molecule has 1 aromatic rings. The van der Waals surface area contributed by atoms with Gasteiger partial charge in [0.2, 0.25) is 0 Å². The Kier molecular flexibility index (Phi) is 2.64. The van der Waals surface area contributed by atoms with Crippen LogP contribution in [-0.4, -0.2) is 17.3 Å². The average Bonchev–Trinajstić information content (AvgIpc) is 2.45. The third-order valence-corrected chi connectivity index (χ3v) is 4.74. The monoisotopic (exact) mass is 234 g/mol. The van der Waals surface area contributed by atoms with Crippen molar-refractivity contribution in [3.8, 4) is 0 Å². The van der Waals surface area contributed by atoms with E-state index in [0.717, 1.165) is 23.3 Å².